The van der Waals surface area contributed by atoms with Crippen LogP contribution < -0.4 is 4.74 Å². The molecule has 124 valence electrons. The number of hydrogen-bond acceptors (Lipinski definition) is 5. The lowest BCUT2D eigenvalue weighted by molar-refractivity contribution is 0.112. The minimum Gasteiger partial charge on any atom is -0.478 e. The Labute approximate surface area is 138 Å². The molecule has 0 radical (unpaired) electrons. The van der Waals surface area contributed by atoms with Crippen LogP contribution >= 0.6 is 0 Å². The Morgan fingerprint density at radius 1 is 1.29 bits per heavy atom. The van der Waals surface area contributed by atoms with Crippen LogP contribution in [0.25, 0.3) is 22.3 Å². The fourth-order valence-electron chi connectivity index (χ4n) is 2.50. The number of hydrogen-bond donors (Lipinski definition) is 0. The van der Waals surface area contributed by atoms with Gasteiger partial charge in [-0.15, -0.1) is 0 Å². The molecule has 0 saturated heterocycles. The molecule has 3 rings (SSSR count). The fraction of sp³-hybridized carbons (Fsp3) is 0.294. The average Bonchev–Trinajstić information content (AvgIpc) is 2.95. The number of fused-ring (bicyclic) bond motifs is 1. The first-order valence-corrected chi connectivity index (χ1v) is 7.67. The van der Waals surface area contributed by atoms with E-state index in [1.807, 2.05) is 20.8 Å². The summed E-state index contributed by atoms with van der Waals surface area (Å²) >= 11 is 0. The van der Waals surface area contributed by atoms with Crippen molar-refractivity contribution in [3.05, 3.63) is 35.9 Å². The van der Waals surface area contributed by atoms with Gasteiger partial charge in [0, 0.05) is 29.4 Å². The first kappa shape index (κ1) is 16.0. The van der Waals surface area contributed by atoms with Gasteiger partial charge in [-0.2, -0.15) is 5.10 Å². The van der Waals surface area contributed by atoms with Crippen molar-refractivity contribution >= 4 is 17.3 Å². The molecule has 0 unspecified atom stereocenters. The number of aldehydes is 1. The third kappa shape index (κ3) is 2.73. The second-order valence-electron chi connectivity index (χ2n) is 5.58. The average molecular weight is 328 g/mol. The van der Waals surface area contributed by atoms with Gasteiger partial charge in [-0.25, -0.2) is 9.37 Å². The first-order valence-electron chi connectivity index (χ1n) is 7.67. The van der Waals surface area contributed by atoms with Gasteiger partial charge >= 0.3 is 0 Å². The Hall–Kier alpha value is -2.83. The van der Waals surface area contributed by atoms with Crippen molar-refractivity contribution in [1.82, 2.24) is 19.7 Å². The van der Waals surface area contributed by atoms with E-state index >= 15 is 0 Å². The lowest BCUT2D eigenvalue weighted by Crippen LogP contribution is -2.03. The lowest BCUT2D eigenvalue weighted by atomic mass is 10.1. The predicted octanol–water partition coefficient (Wildman–Crippen LogP) is 3.42. The highest BCUT2D eigenvalue weighted by atomic mass is 19.1. The second-order valence-corrected chi connectivity index (χ2v) is 5.58. The molecule has 3 aromatic rings. The second kappa shape index (κ2) is 6.35. The summed E-state index contributed by atoms with van der Waals surface area (Å²) in [5, 5.41) is 4.51. The van der Waals surface area contributed by atoms with Gasteiger partial charge in [0.05, 0.1) is 18.3 Å². The Morgan fingerprint density at radius 3 is 2.75 bits per heavy atom. The molecule has 0 saturated carbocycles. The molecule has 0 spiro atoms. The van der Waals surface area contributed by atoms with E-state index in [2.05, 4.69) is 15.1 Å². The van der Waals surface area contributed by atoms with E-state index in [0.29, 0.717) is 34.8 Å². The molecule has 0 atom stereocenters. The topological polar surface area (TPSA) is 69.9 Å². The van der Waals surface area contributed by atoms with E-state index < -0.39 is 5.82 Å². The predicted molar refractivity (Wildman–Crippen MR) is 87.7 cm³/mol. The molecule has 0 aliphatic rings. The van der Waals surface area contributed by atoms with Gasteiger partial charge < -0.3 is 4.74 Å². The standard InChI is InChI=1S/C17H17FN4O2/c1-4-24-15-6-12(13(18)8-19-15)16-17-14(22(21-16)10(2)3)5-11(9-23)7-20-17/h5-10H,4H2,1-3H3. The van der Waals surface area contributed by atoms with E-state index in [1.165, 1.54) is 12.3 Å². The lowest BCUT2D eigenvalue weighted by Gasteiger charge is -2.06. The van der Waals surface area contributed by atoms with Crippen LogP contribution in [0.2, 0.25) is 0 Å². The van der Waals surface area contributed by atoms with Crippen molar-refractivity contribution in [1.29, 1.82) is 0 Å². The molecule has 0 amide bonds. The summed E-state index contributed by atoms with van der Waals surface area (Å²) in [7, 11) is 0. The maximum atomic E-state index is 14.3. The molecule has 6 nitrogen and oxygen atoms in total. The number of rotatable bonds is 5. The molecular formula is C17H17FN4O2. The van der Waals surface area contributed by atoms with Crippen molar-refractivity contribution in [2.45, 2.75) is 26.8 Å². The van der Waals surface area contributed by atoms with Crippen LogP contribution in [-0.4, -0.2) is 32.6 Å². The van der Waals surface area contributed by atoms with Crippen LogP contribution in [0.5, 0.6) is 5.88 Å². The van der Waals surface area contributed by atoms with Crippen LogP contribution in [0.1, 0.15) is 37.2 Å². The summed E-state index contributed by atoms with van der Waals surface area (Å²) in [6.07, 6.45) is 3.29. The minimum atomic E-state index is -0.505. The van der Waals surface area contributed by atoms with E-state index in [1.54, 1.807) is 10.7 Å². The molecule has 7 heteroatoms. The van der Waals surface area contributed by atoms with Gasteiger partial charge in [0.1, 0.15) is 11.2 Å². The molecule has 3 aromatic heterocycles. The van der Waals surface area contributed by atoms with Crippen LogP contribution in [0.15, 0.2) is 24.5 Å². The van der Waals surface area contributed by atoms with Gasteiger partial charge in [0.15, 0.2) is 12.1 Å². The summed E-state index contributed by atoms with van der Waals surface area (Å²) in [6.45, 7) is 6.17. The number of pyridine rings is 2. The third-order valence-corrected chi connectivity index (χ3v) is 3.57. The SMILES string of the molecule is CCOc1cc(-c2nn(C(C)C)c3cc(C=O)cnc23)c(F)cn1. The Bertz CT molecular complexity index is 905. The van der Waals surface area contributed by atoms with Crippen molar-refractivity contribution in [2.24, 2.45) is 0 Å². The van der Waals surface area contributed by atoms with Crippen LogP contribution in [0.3, 0.4) is 0 Å². The highest BCUT2D eigenvalue weighted by Crippen LogP contribution is 2.31. The minimum absolute atomic E-state index is 0.0289. The largest absolute Gasteiger partial charge is 0.478 e. The highest BCUT2D eigenvalue weighted by molar-refractivity contribution is 5.93. The molecule has 24 heavy (non-hydrogen) atoms. The third-order valence-electron chi connectivity index (χ3n) is 3.57. The molecule has 0 fully saturated rings. The van der Waals surface area contributed by atoms with Gasteiger partial charge in [-0.1, -0.05) is 0 Å². The first-order chi connectivity index (χ1) is 11.5. The van der Waals surface area contributed by atoms with Crippen molar-refractivity contribution in [2.75, 3.05) is 6.61 Å². The van der Waals surface area contributed by atoms with Crippen molar-refractivity contribution in [3.63, 3.8) is 0 Å². The summed E-state index contributed by atoms with van der Waals surface area (Å²) < 4.78 is 21.4. The number of nitrogens with zero attached hydrogens (tertiary/aromatic N) is 4. The van der Waals surface area contributed by atoms with Crippen LogP contribution in [-0.2, 0) is 0 Å². The Balaban J connectivity index is 2.27. The number of halogens is 1. The zero-order valence-electron chi connectivity index (χ0n) is 13.7. The molecule has 0 aliphatic heterocycles. The van der Waals surface area contributed by atoms with Gasteiger partial charge in [-0.3, -0.25) is 14.5 Å². The fourth-order valence-corrected chi connectivity index (χ4v) is 2.50. The molecule has 0 aliphatic carbocycles. The van der Waals surface area contributed by atoms with Crippen LogP contribution in [0.4, 0.5) is 4.39 Å². The molecular weight excluding hydrogens is 311 g/mol. The Morgan fingerprint density at radius 2 is 2.08 bits per heavy atom. The van der Waals surface area contributed by atoms with Gasteiger partial charge in [-0.05, 0) is 26.8 Å². The monoisotopic (exact) mass is 328 g/mol. The number of carbonyl (C=O) groups is 1. The van der Waals surface area contributed by atoms with E-state index in [9.17, 15) is 9.18 Å². The maximum absolute atomic E-state index is 14.3. The van der Waals surface area contributed by atoms with Crippen molar-refractivity contribution in [3.8, 4) is 17.1 Å². The van der Waals surface area contributed by atoms with E-state index in [-0.39, 0.29) is 11.6 Å². The molecule has 0 aromatic carbocycles. The summed E-state index contributed by atoms with van der Waals surface area (Å²) in [5.74, 6) is -0.180. The summed E-state index contributed by atoms with van der Waals surface area (Å²) in [6, 6.07) is 3.25. The quantitative estimate of drug-likeness (QED) is 0.671. The number of aromatic nitrogens is 4. The summed E-state index contributed by atoms with van der Waals surface area (Å²) in [4.78, 5) is 19.2. The summed E-state index contributed by atoms with van der Waals surface area (Å²) in [5.41, 5.74) is 2.32. The normalized spacial score (nSPS) is 11.2. The van der Waals surface area contributed by atoms with E-state index in [0.717, 1.165) is 12.5 Å². The Kier molecular flexibility index (Phi) is 4.24. The van der Waals surface area contributed by atoms with E-state index in [4.69, 9.17) is 4.74 Å². The highest BCUT2D eigenvalue weighted by Gasteiger charge is 2.19. The van der Waals surface area contributed by atoms with Gasteiger partial charge in [0.25, 0.3) is 0 Å². The number of carbonyl (C=O) groups excluding carboxylic acids is 1. The molecule has 3 heterocycles. The smallest absolute Gasteiger partial charge is 0.214 e. The maximum Gasteiger partial charge on any atom is 0.214 e. The molecule has 0 bridgehead atoms. The zero-order valence-corrected chi connectivity index (χ0v) is 13.7. The van der Waals surface area contributed by atoms with Gasteiger partial charge in [0.2, 0.25) is 5.88 Å². The number of ether oxygens (including phenoxy) is 1. The zero-order chi connectivity index (χ0) is 17.3. The molecule has 0 N–H and O–H groups in total. The van der Waals surface area contributed by atoms with Crippen LogP contribution in [0, 0.1) is 5.82 Å². The van der Waals surface area contributed by atoms with Crippen molar-refractivity contribution < 1.29 is 13.9 Å².